The number of hydrogen-bond donors (Lipinski definition) is 1. The van der Waals surface area contributed by atoms with Gasteiger partial charge in [-0.05, 0) is 60.6 Å². The van der Waals surface area contributed by atoms with Crippen LogP contribution in [0.4, 0.5) is 13.2 Å². The third-order valence-corrected chi connectivity index (χ3v) is 5.73. The second-order valence-electron chi connectivity index (χ2n) is 7.63. The van der Waals surface area contributed by atoms with Crippen LogP contribution in [0.2, 0.25) is 5.02 Å². The Hall–Kier alpha value is -3.11. The lowest BCUT2D eigenvalue weighted by Gasteiger charge is -2.24. The highest BCUT2D eigenvalue weighted by Gasteiger charge is 2.30. The number of likely N-dealkylation sites (N-methyl/N-ethyl adjacent to an activating group) is 1. The number of carbonyl (C=O) groups is 1. The molecular formula is C23H23ClF3N3O4. The zero-order valence-corrected chi connectivity index (χ0v) is 19.2. The number of benzene rings is 2. The molecule has 0 aliphatic rings. The molecule has 0 saturated carbocycles. The molecule has 11 heteroatoms. The van der Waals surface area contributed by atoms with Crippen molar-refractivity contribution in [2.24, 2.45) is 0 Å². The van der Waals surface area contributed by atoms with Crippen LogP contribution in [-0.2, 0) is 17.5 Å². The minimum atomic E-state index is -4.49. The molecule has 0 radical (unpaired) electrons. The minimum Gasteiger partial charge on any atom is -0.481 e. The van der Waals surface area contributed by atoms with Crippen LogP contribution in [0.1, 0.15) is 36.5 Å². The summed E-state index contributed by atoms with van der Waals surface area (Å²) in [7, 11) is 0. The van der Waals surface area contributed by atoms with Crippen molar-refractivity contribution < 1.29 is 27.5 Å². The zero-order valence-electron chi connectivity index (χ0n) is 18.5. The number of carboxylic acids is 1. The van der Waals surface area contributed by atoms with Gasteiger partial charge in [-0.2, -0.15) is 17.9 Å². The van der Waals surface area contributed by atoms with Gasteiger partial charge in [0.25, 0.3) is 0 Å². The molecule has 2 aromatic carbocycles. The van der Waals surface area contributed by atoms with Gasteiger partial charge in [0, 0.05) is 17.1 Å². The normalized spacial score (nSPS) is 12.8. The lowest BCUT2D eigenvalue weighted by molar-refractivity contribution is -0.139. The molecule has 1 aromatic heterocycles. The van der Waals surface area contributed by atoms with Gasteiger partial charge in [0.2, 0.25) is 5.89 Å². The first kappa shape index (κ1) is 25.5. The first-order valence-corrected chi connectivity index (χ1v) is 10.9. The topological polar surface area (TPSA) is 88.6 Å². The van der Waals surface area contributed by atoms with Gasteiger partial charge >= 0.3 is 17.9 Å². The summed E-state index contributed by atoms with van der Waals surface area (Å²) >= 11 is 6.14. The molecule has 0 aliphatic carbocycles. The Morgan fingerprint density at radius 2 is 1.82 bits per heavy atom. The van der Waals surface area contributed by atoms with Gasteiger partial charge in [-0.1, -0.05) is 31.5 Å². The van der Waals surface area contributed by atoms with E-state index in [2.05, 4.69) is 5.10 Å². The summed E-state index contributed by atoms with van der Waals surface area (Å²) in [6.45, 7) is 5.35. The Bertz CT molecular complexity index is 1200. The zero-order chi connectivity index (χ0) is 25.0. The van der Waals surface area contributed by atoms with Crippen molar-refractivity contribution in [1.82, 2.24) is 14.7 Å². The maximum absolute atomic E-state index is 12.8. The lowest BCUT2D eigenvalue weighted by atomic mass is 9.93. The van der Waals surface area contributed by atoms with E-state index < -0.39 is 29.4 Å². The quantitative estimate of drug-likeness (QED) is 0.459. The standard InChI is InChI=1S/C23H23ClF3N3O4/c1-3-29(4-2)13-19(21(31)32)18-10-9-17(24)11-15(18)12-30-22(33)34-20(28-30)14-5-7-16(8-6-14)23(25,26)27/h5-11,19H,3-4,12-13H2,1-2H3,(H,31,32). The van der Waals surface area contributed by atoms with E-state index in [0.717, 1.165) is 28.9 Å². The Morgan fingerprint density at radius 1 is 1.18 bits per heavy atom. The Balaban J connectivity index is 1.94. The Morgan fingerprint density at radius 3 is 2.38 bits per heavy atom. The Labute approximate surface area is 198 Å². The number of nitrogens with zero attached hydrogens (tertiary/aromatic N) is 3. The molecule has 1 unspecified atom stereocenters. The number of aromatic nitrogens is 2. The number of alkyl halides is 3. The predicted molar refractivity (Wildman–Crippen MR) is 120 cm³/mol. The van der Waals surface area contributed by atoms with Crippen molar-refractivity contribution in [2.75, 3.05) is 19.6 Å². The summed E-state index contributed by atoms with van der Waals surface area (Å²) in [6.07, 6.45) is -4.49. The van der Waals surface area contributed by atoms with Gasteiger partial charge in [0.15, 0.2) is 0 Å². The molecule has 0 amide bonds. The maximum Gasteiger partial charge on any atom is 0.437 e. The van der Waals surface area contributed by atoms with Crippen LogP contribution < -0.4 is 5.76 Å². The molecule has 0 aliphatic heterocycles. The fraction of sp³-hybridized carbons (Fsp3) is 0.348. The van der Waals surface area contributed by atoms with E-state index in [-0.39, 0.29) is 24.5 Å². The molecule has 1 heterocycles. The largest absolute Gasteiger partial charge is 0.481 e. The van der Waals surface area contributed by atoms with E-state index in [1.54, 1.807) is 18.2 Å². The van der Waals surface area contributed by atoms with Gasteiger partial charge in [-0.25, -0.2) is 4.79 Å². The summed E-state index contributed by atoms with van der Waals surface area (Å²) < 4.78 is 44.5. The summed E-state index contributed by atoms with van der Waals surface area (Å²) in [4.78, 5) is 26.5. The van der Waals surface area contributed by atoms with Crippen LogP contribution in [-0.4, -0.2) is 45.4 Å². The summed E-state index contributed by atoms with van der Waals surface area (Å²) in [5.41, 5.74) is 0.311. The highest BCUT2D eigenvalue weighted by atomic mass is 35.5. The van der Waals surface area contributed by atoms with Gasteiger partial charge in [-0.15, -0.1) is 5.10 Å². The lowest BCUT2D eigenvalue weighted by Crippen LogP contribution is -2.32. The molecule has 1 atom stereocenters. The van der Waals surface area contributed by atoms with Crippen molar-refractivity contribution >= 4 is 17.6 Å². The maximum atomic E-state index is 12.8. The van der Waals surface area contributed by atoms with E-state index in [1.165, 1.54) is 0 Å². The van der Waals surface area contributed by atoms with Crippen LogP contribution in [0.25, 0.3) is 11.5 Å². The second kappa shape index (κ2) is 10.4. The third-order valence-electron chi connectivity index (χ3n) is 5.50. The number of halogens is 4. The molecule has 0 spiro atoms. The number of rotatable bonds is 9. The minimum absolute atomic E-state index is 0.124. The molecule has 3 rings (SSSR count). The molecule has 182 valence electrons. The highest BCUT2D eigenvalue weighted by Crippen LogP contribution is 2.31. The van der Waals surface area contributed by atoms with Gasteiger partial charge in [-0.3, -0.25) is 4.79 Å². The van der Waals surface area contributed by atoms with Crippen molar-refractivity contribution in [3.05, 3.63) is 74.7 Å². The third kappa shape index (κ3) is 5.87. The van der Waals surface area contributed by atoms with Gasteiger partial charge in [0.05, 0.1) is 18.0 Å². The molecule has 0 fully saturated rings. The van der Waals surface area contributed by atoms with Crippen molar-refractivity contribution in [3.8, 4) is 11.5 Å². The van der Waals surface area contributed by atoms with E-state index in [9.17, 15) is 27.9 Å². The van der Waals surface area contributed by atoms with Crippen molar-refractivity contribution in [2.45, 2.75) is 32.5 Å². The van der Waals surface area contributed by atoms with Crippen LogP contribution in [0.3, 0.4) is 0 Å². The smallest absolute Gasteiger partial charge is 0.437 e. The first-order chi connectivity index (χ1) is 16.0. The predicted octanol–water partition coefficient (Wildman–Crippen LogP) is 4.73. The molecule has 7 nitrogen and oxygen atoms in total. The molecule has 3 aromatic rings. The first-order valence-electron chi connectivity index (χ1n) is 10.5. The molecule has 0 saturated heterocycles. The molecule has 0 bridgehead atoms. The van der Waals surface area contributed by atoms with Crippen LogP contribution in [0.5, 0.6) is 0 Å². The van der Waals surface area contributed by atoms with Crippen LogP contribution in [0, 0.1) is 0 Å². The summed E-state index contributed by atoms with van der Waals surface area (Å²) in [6, 6.07) is 8.82. The number of aliphatic carboxylic acids is 1. The van der Waals surface area contributed by atoms with Crippen LogP contribution in [0.15, 0.2) is 51.7 Å². The van der Waals surface area contributed by atoms with E-state index >= 15 is 0 Å². The summed E-state index contributed by atoms with van der Waals surface area (Å²) in [5.74, 6) is -2.88. The molecular weight excluding hydrogens is 475 g/mol. The molecule has 1 N–H and O–H groups in total. The Kier molecular flexibility index (Phi) is 7.83. The average molecular weight is 498 g/mol. The summed E-state index contributed by atoms with van der Waals surface area (Å²) in [5, 5.41) is 14.3. The van der Waals surface area contributed by atoms with Gasteiger partial charge < -0.3 is 14.4 Å². The van der Waals surface area contributed by atoms with E-state index in [0.29, 0.717) is 29.2 Å². The van der Waals surface area contributed by atoms with Crippen molar-refractivity contribution in [1.29, 1.82) is 0 Å². The number of hydrogen-bond acceptors (Lipinski definition) is 5. The SMILES string of the molecule is CCN(CC)CC(C(=O)O)c1ccc(Cl)cc1Cn1nc(-c2ccc(C(F)(F)F)cc2)oc1=O. The van der Waals surface area contributed by atoms with Crippen molar-refractivity contribution in [3.63, 3.8) is 0 Å². The van der Waals surface area contributed by atoms with Gasteiger partial charge in [0.1, 0.15) is 0 Å². The van der Waals surface area contributed by atoms with Crippen LogP contribution >= 0.6 is 11.6 Å². The fourth-order valence-corrected chi connectivity index (χ4v) is 3.78. The van der Waals surface area contributed by atoms with E-state index in [4.69, 9.17) is 16.0 Å². The fourth-order valence-electron chi connectivity index (χ4n) is 3.59. The average Bonchev–Trinajstić information content (AvgIpc) is 3.15. The highest BCUT2D eigenvalue weighted by molar-refractivity contribution is 6.30. The monoisotopic (exact) mass is 497 g/mol. The second-order valence-corrected chi connectivity index (χ2v) is 8.06. The van der Waals surface area contributed by atoms with E-state index in [1.807, 2.05) is 18.7 Å². The number of carboxylic acid groups (broad SMARTS) is 1. The molecule has 34 heavy (non-hydrogen) atoms.